The average Bonchev–Trinajstić information content (AvgIpc) is 1.35. The Kier molecular flexibility index (Phi) is 1.44. The number of alkyl halides is 3. The standard InChI is InChI=1S/C3H4F3/c1-2-3(4,5)6/h1-2H2/q-1. The lowest BCUT2D eigenvalue weighted by Crippen LogP contribution is -2.02. The highest BCUT2D eigenvalue weighted by molar-refractivity contribution is 4.48. The first-order valence-electron chi connectivity index (χ1n) is 1.42. The Balaban J connectivity index is 3.17. The Morgan fingerprint density at radius 1 is 1.33 bits per heavy atom. The van der Waals surface area contributed by atoms with E-state index < -0.39 is 12.6 Å². The SMILES string of the molecule is [CH2-]CC(F)(F)F. The molecule has 0 bridgehead atoms. The van der Waals surface area contributed by atoms with Crippen molar-refractivity contribution in [1.82, 2.24) is 0 Å². The van der Waals surface area contributed by atoms with Crippen molar-refractivity contribution >= 4 is 0 Å². The highest BCUT2D eigenvalue weighted by atomic mass is 19.4. The third-order valence-electron chi connectivity index (χ3n) is 0.283. The highest BCUT2D eigenvalue weighted by Crippen LogP contribution is 2.17. The van der Waals surface area contributed by atoms with Gasteiger partial charge in [0.2, 0.25) is 0 Å². The normalized spacial score (nSPS) is 12.0. The lowest BCUT2D eigenvalue weighted by molar-refractivity contribution is -0.125. The van der Waals surface area contributed by atoms with Crippen LogP contribution in [0.25, 0.3) is 0 Å². The van der Waals surface area contributed by atoms with Gasteiger partial charge in [-0.25, -0.2) is 0 Å². The molecule has 0 aliphatic rings. The molecule has 0 nitrogen and oxygen atoms in total. The molecule has 0 unspecified atom stereocenters. The van der Waals surface area contributed by atoms with Crippen LogP contribution in [0.4, 0.5) is 13.2 Å². The summed E-state index contributed by atoms with van der Waals surface area (Å²) in [5.74, 6) is 0. The van der Waals surface area contributed by atoms with E-state index >= 15 is 0 Å². The van der Waals surface area contributed by atoms with Crippen LogP contribution in [0, 0.1) is 6.92 Å². The van der Waals surface area contributed by atoms with E-state index in [2.05, 4.69) is 6.92 Å². The Morgan fingerprint density at radius 2 is 1.50 bits per heavy atom. The van der Waals surface area contributed by atoms with Crippen LogP contribution in [0.2, 0.25) is 0 Å². The second-order valence-electron chi connectivity index (χ2n) is 0.865. The summed E-state index contributed by atoms with van der Waals surface area (Å²) < 4.78 is 32.2. The van der Waals surface area contributed by atoms with Gasteiger partial charge in [0.05, 0.1) is 0 Å². The van der Waals surface area contributed by atoms with Gasteiger partial charge in [-0.15, -0.1) is 0 Å². The van der Waals surface area contributed by atoms with Gasteiger partial charge >= 0.3 is 6.18 Å². The predicted molar refractivity (Wildman–Crippen MR) is 16.0 cm³/mol. The second kappa shape index (κ2) is 1.49. The van der Waals surface area contributed by atoms with E-state index in [1.807, 2.05) is 0 Å². The molecular formula is C3H4F3-. The van der Waals surface area contributed by atoms with Gasteiger partial charge in [0.15, 0.2) is 0 Å². The zero-order valence-electron chi connectivity index (χ0n) is 3.05. The summed E-state index contributed by atoms with van der Waals surface area (Å²) in [5.41, 5.74) is 0. The van der Waals surface area contributed by atoms with Crippen molar-refractivity contribution in [3.05, 3.63) is 6.92 Å². The molecule has 0 saturated heterocycles. The minimum atomic E-state index is -4.07. The first-order valence-corrected chi connectivity index (χ1v) is 1.42. The summed E-state index contributed by atoms with van der Waals surface area (Å²) in [5, 5.41) is 0. The maximum Gasteiger partial charge on any atom is 0.363 e. The summed E-state index contributed by atoms with van der Waals surface area (Å²) in [6, 6.07) is 0. The van der Waals surface area contributed by atoms with Crippen LogP contribution < -0.4 is 0 Å². The van der Waals surface area contributed by atoms with Crippen LogP contribution in [0.5, 0.6) is 0 Å². The molecule has 0 rings (SSSR count). The van der Waals surface area contributed by atoms with Gasteiger partial charge in [0.25, 0.3) is 0 Å². The minimum absolute atomic E-state index is 0.979. The maximum absolute atomic E-state index is 10.7. The smallest absolute Gasteiger partial charge is 0.335 e. The monoisotopic (exact) mass is 97.0 g/mol. The number of hydrogen-bond donors (Lipinski definition) is 0. The predicted octanol–water partition coefficient (Wildman–Crippen LogP) is 1.77. The van der Waals surface area contributed by atoms with Gasteiger partial charge in [0.1, 0.15) is 0 Å². The van der Waals surface area contributed by atoms with Crippen LogP contribution in [0.3, 0.4) is 0 Å². The molecule has 0 aromatic carbocycles. The van der Waals surface area contributed by atoms with E-state index in [9.17, 15) is 13.2 Å². The molecule has 0 amide bonds. The summed E-state index contributed by atoms with van der Waals surface area (Å²) in [6.07, 6.45) is -5.05. The molecule has 38 valence electrons. The van der Waals surface area contributed by atoms with Gasteiger partial charge in [-0.2, -0.15) is 13.2 Å². The molecule has 0 aromatic heterocycles. The zero-order valence-corrected chi connectivity index (χ0v) is 3.05. The molecule has 0 saturated carbocycles. The van der Waals surface area contributed by atoms with Gasteiger partial charge in [-0.3, -0.25) is 0 Å². The molecule has 0 fully saturated rings. The van der Waals surface area contributed by atoms with Crippen LogP contribution in [-0.4, -0.2) is 6.18 Å². The fourth-order valence-electron chi connectivity index (χ4n) is 0. The third-order valence-corrected chi connectivity index (χ3v) is 0.283. The van der Waals surface area contributed by atoms with Crippen LogP contribution in [-0.2, 0) is 0 Å². The van der Waals surface area contributed by atoms with Crippen molar-refractivity contribution < 1.29 is 13.2 Å². The van der Waals surface area contributed by atoms with Gasteiger partial charge < -0.3 is 6.92 Å². The Hall–Kier alpha value is -0.210. The molecule has 0 spiro atoms. The zero-order chi connectivity index (χ0) is 5.21. The molecule has 3 heteroatoms. The summed E-state index contributed by atoms with van der Waals surface area (Å²) in [4.78, 5) is 0. The molecule has 0 aromatic rings. The van der Waals surface area contributed by atoms with Crippen LogP contribution in [0.15, 0.2) is 0 Å². The third kappa shape index (κ3) is 3.79. The average molecular weight is 97.1 g/mol. The largest absolute Gasteiger partial charge is 0.363 e. The topological polar surface area (TPSA) is 0 Å². The first kappa shape index (κ1) is 5.79. The number of rotatable bonds is 0. The molecular weight excluding hydrogens is 93.0 g/mol. The second-order valence-corrected chi connectivity index (χ2v) is 0.865. The lowest BCUT2D eigenvalue weighted by atomic mass is 10.5. The summed E-state index contributed by atoms with van der Waals surface area (Å²) in [6.45, 7) is 2.63. The van der Waals surface area contributed by atoms with Crippen molar-refractivity contribution in [3.8, 4) is 0 Å². The van der Waals surface area contributed by atoms with Crippen molar-refractivity contribution in [2.24, 2.45) is 0 Å². The lowest BCUT2D eigenvalue weighted by Gasteiger charge is -2.01. The van der Waals surface area contributed by atoms with E-state index in [4.69, 9.17) is 0 Å². The summed E-state index contributed by atoms with van der Waals surface area (Å²) >= 11 is 0. The fraction of sp³-hybridized carbons (Fsp3) is 0.667. The first-order chi connectivity index (χ1) is 2.56. The quantitative estimate of drug-likeness (QED) is 0.404. The van der Waals surface area contributed by atoms with Crippen molar-refractivity contribution in [2.75, 3.05) is 0 Å². The fourth-order valence-corrected chi connectivity index (χ4v) is 0. The molecule has 0 aliphatic carbocycles. The van der Waals surface area contributed by atoms with Gasteiger partial charge in [0, 0.05) is 0 Å². The maximum atomic E-state index is 10.7. The van der Waals surface area contributed by atoms with E-state index in [0.29, 0.717) is 0 Å². The Morgan fingerprint density at radius 3 is 1.50 bits per heavy atom. The molecule has 0 atom stereocenters. The van der Waals surface area contributed by atoms with E-state index in [1.54, 1.807) is 0 Å². The van der Waals surface area contributed by atoms with Crippen LogP contribution >= 0.6 is 0 Å². The molecule has 0 heterocycles. The van der Waals surface area contributed by atoms with Crippen molar-refractivity contribution in [2.45, 2.75) is 12.6 Å². The Bertz CT molecular complexity index is 35.8. The van der Waals surface area contributed by atoms with E-state index in [0.717, 1.165) is 0 Å². The minimum Gasteiger partial charge on any atom is -0.335 e. The molecule has 0 aliphatic heterocycles. The summed E-state index contributed by atoms with van der Waals surface area (Å²) in [7, 11) is 0. The van der Waals surface area contributed by atoms with Gasteiger partial charge in [-0.1, -0.05) is 6.42 Å². The highest BCUT2D eigenvalue weighted by Gasteiger charge is 2.18. The molecule has 0 radical (unpaired) electrons. The number of halogens is 3. The van der Waals surface area contributed by atoms with E-state index in [1.165, 1.54) is 0 Å². The molecule has 0 N–H and O–H groups in total. The van der Waals surface area contributed by atoms with Gasteiger partial charge in [-0.05, 0) is 0 Å². The van der Waals surface area contributed by atoms with Crippen molar-refractivity contribution in [1.29, 1.82) is 0 Å². The van der Waals surface area contributed by atoms with E-state index in [-0.39, 0.29) is 0 Å². The Labute approximate surface area is 34.0 Å². The number of hydrogen-bond acceptors (Lipinski definition) is 0. The molecule has 6 heavy (non-hydrogen) atoms. The van der Waals surface area contributed by atoms with Crippen LogP contribution in [0.1, 0.15) is 6.42 Å². The van der Waals surface area contributed by atoms with Crippen molar-refractivity contribution in [3.63, 3.8) is 0 Å².